The molecule has 2 N–H and O–H groups in total. The molecule has 1 aliphatic heterocycles. The Morgan fingerprint density at radius 1 is 0.925 bits per heavy atom. The molecule has 278 valence electrons. The van der Waals surface area contributed by atoms with Gasteiger partial charge >= 0.3 is 11.6 Å². The van der Waals surface area contributed by atoms with E-state index in [0.717, 1.165) is 68.2 Å². The van der Waals surface area contributed by atoms with E-state index in [1.807, 2.05) is 60.6 Å². The SMILES string of the molecule is CC[C@@H]([C@H](C)O)N(C)C(=O)c1ccc(N2CCN(c3ccc(-c4ccc(C(F)(F)[C@@](C)(c5ccc(F)cc5F)n5nn[nH]c5=O)nc4)cc3)CC2)cc1. The Balaban J connectivity index is 1.12. The maximum Gasteiger partial charge on any atom is 0.362 e. The minimum Gasteiger partial charge on any atom is -0.391 e. The van der Waals surface area contributed by atoms with Gasteiger partial charge in [0, 0.05) is 73.6 Å². The first-order valence-corrected chi connectivity index (χ1v) is 17.2. The first-order chi connectivity index (χ1) is 25.3. The number of amides is 1. The number of piperazine rings is 1. The monoisotopic (exact) mass is 732 g/mol. The molecule has 0 unspecified atom stereocenters. The summed E-state index contributed by atoms with van der Waals surface area (Å²) in [6.07, 6.45) is 1.30. The van der Waals surface area contributed by atoms with Crippen molar-refractivity contribution in [1.82, 2.24) is 30.1 Å². The second kappa shape index (κ2) is 14.8. The van der Waals surface area contributed by atoms with E-state index in [-0.39, 0.29) is 11.9 Å². The zero-order chi connectivity index (χ0) is 38.1. The highest BCUT2D eigenvalue weighted by Gasteiger charge is 2.58. The lowest BCUT2D eigenvalue weighted by Crippen LogP contribution is -2.52. The molecule has 0 aliphatic carbocycles. The van der Waals surface area contributed by atoms with Crippen molar-refractivity contribution in [3.8, 4) is 11.1 Å². The van der Waals surface area contributed by atoms with Crippen LogP contribution in [-0.4, -0.2) is 86.5 Å². The number of carbonyl (C=O) groups excluding carboxylic acids is 1. The number of alkyl halides is 2. The Morgan fingerprint density at radius 3 is 2.00 bits per heavy atom. The number of pyridine rings is 1. The standard InChI is InChI=1S/C38H40F4N8O3/c1-5-33(24(2)51)47(4)35(52)26-8-14-30(15-9-26)49-20-18-48(19-21-49)29-12-6-25(7-13-29)27-10-17-34(43-23-27)38(41,42)37(3,50-36(53)44-45-46-50)31-16-11-28(39)22-32(31)40/h6-17,22-24,33,51H,5,18-21H2,1-4H3,(H,44,46,53)/t24-,33-,37+/m0/s1. The molecule has 53 heavy (non-hydrogen) atoms. The first kappa shape index (κ1) is 37.2. The number of hydrogen-bond acceptors (Lipinski definition) is 8. The molecule has 0 bridgehead atoms. The number of hydrogen-bond donors (Lipinski definition) is 2. The summed E-state index contributed by atoms with van der Waals surface area (Å²) in [5.41, 5.74) is -1.44. The maximum atomic E-state index is 16.4. The predicted molar refractivity (Wildman–Crippen MR) is 192 cm³/mol. The van der Waals surface area contributed by atoms with Crippen molar-refractivity contribution in [1.29, 1.82) is 0 Å². The molecule has 3 heterocycles. The molecular weight excluding hydrogens is 692 g/mol. The Hall–Kier alpha value is -5.57. The van der Waals surface area contributed by atoms with E-state index in [2.05, 4.69) is 25.2 Å². The van der Waals surface area contributed by atoms with E-state index in [1.165, 1.54) is 12.3 Å². The van der Waals surface area contributed by atoms with Crippen LogP contribution in [0.3, 0.4) is 0 Å². The van der Waals surface area contributed by atoms with Gasteiger partial charge in [-0.05, 0) is 84.8 Å². The van der Waals surface area contributed by atoms with Crippen LogP contribution < -0.4 is 15.5 Å². The summed E-state index contributed by atoms with van der Waals surface area (Å²) in [7, 11) is 1.71. The summed E-state index contributed by atoms with van der Waals surface area (Å²) in [6.45, 7) is 7.57. The van der Waals surface area contributed by atoms with Crippen molar-refractivity contribution in [3.63, 3.8) is 0 Å². The topological polar surface area (TPSA) is 123 Å². The fraction of sp³-hybridized carbons (Fsp3) is 0.342. The number of carbonyl (C=O) groups is 1. The summed E-state index contributed by atoms with van der Waals surface area (Å²) in [5, 5.41) is 18.8. The number of aromatic amines is 1. The molecule has 11 nitrogen and oxygen atoms in total. The number of tetrazole rings is 1. The van der Waals surface area contributed by atoms with Crippen LogP contribution in [0.5, 0.6) is 0 Å². The lowest BCUT2D eigenvalue weighted by atomic mass is 9.83. The number of aliphatic hydroxyl groups excluding tert-OH is 1. The average molecular weight is 733 g/mol. The highest BCUT2D eigenvalue weighted by molar-refractivity contribution is 5.94. The van der Waals surface area contributed by atoms with E-state index in [4.69, 9.17) is 0 Å². The number of H-pyrrole nitrogens is 1. The van der Waals surface area contributed by atoms with E-state index in [9.17, 15) is 23.5 Å². The smallest absolute Gasteiger partial charge is 0.362 e. The molecule has 0 radical (unpaired) electrons. The van der Waals surface area contributed by atoms with E-state index in [0.29, 0.717) is 28.3 Å². The van der Waals surface area contributed by atoms with E-state index >= 15 is 8.78 Å². The van der Waals surface area contributed by atoms with Crippen LogP contribution in [0, 0.1) is 11.6 Å². The average Bonchev–Trinajstić information content (AvgIpc) is 3.60. The summed E-state index contributed by atoms with van der Waals surface area (Å²) >= 11 is 0. The number of anilines is 2. The van der Waals surface area contributed by atoms with Crippen molar-refractivity contribution >= 4 is 17.3 Å². The molecule has 6 rings (SSSR count). The number of benzene rings is 3. The van der Waals surface area contributed by atoms with Gasteiger partial charge in [-0.2, -0.15) is 13.5 Å². The Bertz CT molecular complexity index is 2100. The van der Waals surface area contributed by atoms with Gasteiger partial charge in [-0.15, -0.1) is 0 Å². The summed E-state index contributed by atoms with van der Waals surface area (Å²) in [5.74, 6) is -6.40. The molecule has 15 heteroatoms. The molecular formula is C38H40F4N8O3. The molecule has 3 atom stereocenters. The number of halogens is 4. The van der Waals surface area contributed by atoms with Crippen LogP contribution in [-0.2, 0) is 11.5 Å². The quantitative estimate of drug-likeness (QED) is 0.173. The Kier molecular flexibility index (Phi) is 10.4. The van der Waals surface area contributed by atoms with Gasteiger partial charge in [0.1, 0.15) is 17.3 Å². The Morgan fingerprint density at radius 2 is 1.51 bits per heavy atom. The minimum absolute atomic E-state index is 0.135. The summed E-state index contributed by atoms with van der Waals surface area (Å²) in [4.78, 5) is 35.6. The van der Waals surface area contributed by atoms with Gasteiger partial charge in [0.05, 0.1) is 12.1 Å². The van der Waals surface area contributed by atoms with Crippen molar-refractivity contribution in [2.75, 3.05) is 43.0 Å². The van der Waals surface area contributed by atoms with E-state index < -0.39 is 46.1 Å². The first-order valence-electron chi connectivity index (χ1n) is 17.2. The van der Waals surface area contributed by atoms with Crippen molar-refractivity contribution < 1.29 is 27.5 Å². The van der Waals surface area contributed by atoms with Gasteiger partial charge in [-0.3, -0.25) is 9.78 Å². The van der Waals surface area contributed by atoms with Crippen LogP contribution in [0.15, 0.2) is 89.9 Å². The van der Waals surface area contributed by atoms with Gasteiger partial charge in [0.2, 0.25) is 0 Å². The molecule has 3 aromatic carbocycles. The van der Waals surface area contributed by atoms with Crippen molar-refractivity contribution in [2.24, 2.45) is 0 Å². The third kappa shape index (κ3) is 7.00. The molecule has 0 saturated carbocycles. The third-order valence-electron chi connectivity index (χ3n) is 10.2. The van der Waals surface area contributed by atoms with Gasteiger partial charge in [-0.25, -0.2) is 18.7 Å². The predicted octanol–water partition coefficient (Wildman–Crippen LogP) is 5.42. The maximum absolute atomic E-state index is 16.4. The number of rotatable bonds is 11. The number of likely N-dealkylation sites (N-methyl/N-ethyl adjacent to an activating group) is 1. The lowest BCUT2D eigenvalue weighted by molar-refractivity contribution is -0.104. The highest BCUT2D eigenvalue weighted by atomic mass is 19.3. The number of aliphatic hydroxyl groups is 1. The van der Waals surface area contributed by atoms with Crippen molar-refractivity contribution in [2.45, 2.75) is 50.8 Å². The van der Waals surface area contributed by atoms with Crippen LogP contribution in [0.4, 0.5) is 28.9 Å². The van der Waals surface area contributed by atoms with Gasteiger partial charge in [-0.1, -0.05) is 31.2 Å². The zero-order valence-electron chi connectivity index (χ0n) is 29.7. The molecule has 1 amide bonds. The zero-order valence-corrected chi connectivity index (χ0v) is 29.7. The van der Waals surface area contributed by atoms with Gasteiger partial charge < -0.3 is 19.8 Å². The lowest BCUT2D eigenvalue weighted by Gasteiger charge is -2.37. The van der Waals surface area contributed by atoms with Gasteiger partial charge in [0.25, 0.3) is 5.91 Å². The molecule has 5 aromatic rings. The summed E-state index contributed by atoms with van der Waals surface area (Å²) < 4.78 is 61.8. The highest BCUT2D eigenvalue weighted by Crippen LogP contribution is 2.47. The summed E-state index contributed by atoms with van der Waals surface area (Å²) in [6, 6.07) is 19.6. The van der Waals surface area contributed by atoms with Crippen LogP contribution in [0.2, 0.25) is 0 Å². The molecule has 2 aromatic heterocycles. The van der Waals surface area contributed by atoms with Crippen LogP contribution in [0.25, 0.3) is 11.1 Å². The fourth-order valence-corrected chi connectivity index (χ4v) is 6.99. The van der Waals surface area contributed by atoms with E-state index in [1.54, 1.807) is 18.9 Å². The third-order valence-corrected chi connectivity index (χ3v) is 10.2. The second-order valence-corrected chi connectivity index (χ2v) is 13.3. The molecule has 1 fully saturated rings. The van der Waals surface area contributed by atoms with Crippen molar-refractivity contribution in [3.05, 3.63) is 124 Å². The minimum atomic E-state index is -4.01. The largest absolute Gasteiger partial charge is 0.391 e. The Labute approximate surface area is 303 Å². The van der Waals surface area contributed by atoms with Crippen LogP contribution >= 0.6 is 0 Å². The van der Waals surface area contributed by atoms with Gasteiger partial charge in [0.15, 0.2) is 5.54 Å². The second-order valence-electron chi connectivity index (χ2n) is 13.3. The van der Waals surface area contributed by atoms with Crippen LogP contribution in [0.1, 0.15) is 48.8 Å². The number of nitrogens with one attached hydrogen (secondary N) is 1. The number of nitrogens with zero attached hydrogens (tertiary/aromatic N) is 7. The fourth-order valence-electron chi connectivity index (χ4n) is 6.99. The number of aromatic nitrogens is 5. The normalized spacial score (nSPS) is 15.9. The molecule has 1 aliphatic rings. The molecule has 1 saturated heterocycles. The molecule has 0 spiro atoms.